The highest BCUT2D eigenvalue weighted by Crippen LogP contribution is 2.41. The Bertz CT molecular complexity index is 867. The Morgan fingerprint density at radius 2 is 1.76 bits per heavy atom. The number of aromatic nitrogens is 2. The fourth-order valence-corrected chi connectivity index (χ4v) is 3.69. The molecule has 0 aliphatic carbocycles. The summed E-state index contributed by atoms with van der Waals surface area (Å²) in [5, 5.41) is 8.76. The Hall–Kier alpha value is -1.98. The molecule has 0 saturated carbocycles. The van der Waals surface area contributed by atoms with Crippen molar-refractivity contribution >= 4 is 15.9 Å². The topological polar surface area (TPSA) is 48.2 Å². The Morgan fingerprint density at radius 1 is 1.00 bits per heavy atom. The van der Waals surface area contributed by atoms with Crippen LogP contribution in [-0.4, -0.2) is 23.4 Å². The molecule has 1 aromatic heterocycles. The van der Waals surface area contributed by atoms with Gasteiger partial charge in [-0.15, -0.1) is 10.2 Å². The smallest absolute Gasteiger partial charge is 0.247 e. The van der Waals surface area contributed by atoms with Gasteiger partial charge in [0, 0.05) is 23.2 Å². The molecular weight excluding hydrogens is 380 g/mol. The third kappa shape index (κ3) is 3.14. The summed E-state index contributed by atoms with van der Waals surface area (Å²) in [6, 6.07) is 16.5. The molecule has 0 radical (unpaired) electrons. The van der Waals surface area contributed by atoms with Gasteiger partial charge in [0.1, 0.15) is 0 Å². The van der Waals surface area contributed by atoms with Gasteiger partial charge in [-0.2, -0.15) is 0 Å². The molecule has 128 valence electrons. The zero-order valence-electron chi connectivity index (χ0n) is 14.0. The first-order valence-corrected chi connectivity index (χ1v) is 9.21. The monoisotopic (exact) mass is 398 g/mol. The lowest BCUT2D eigenvalue weighted by Crippen LogP contribution is -2.35. The number of hydrogen-bond acceptors (Lipinski definition) is 4. The molecular formula is C20H19BrN2O2. The molecule has 3 aromatic rings. The minimum absolute atomic E-state index is 0.284. The lowest BCUT2D eigenvalue weighted by atomic mass is 9.74. The molecule has 4 rings (SSSR count). The van der Waals surface area contributed by atoms with E-state index in [1.165, 1.54) is 11.1 Å². The Balaban J connectivity index is 1.77. The van der Waals surface area contributed by atoms with Gasteiger partial charge in [-0.1, -0.05) is 45.8 Å². The van der Waals surface area contributed by atoms with Gasteiger partial charge in [-0.3, -0.25) is 0 Å². The number of halogens is 1. The van der Waals surface area contributed by atoms with Crippen LogP contribution >= 0.6 is 15.9 Å². The molecule has 0 unspecified atom stereocenters. The van der Waals surface area contributed by atoms with Crippen molar-refractivity contribution in [1.82, 2.24) is 10.2 Å². The van der Waals surface area contributed by atoms with Crippen molar-refractivity contribution < 1.29 is 9.15 Å². The predicted molar refractivity (Wildman–Crippen MR) is 99.4 cm³/mol. The number of ether oxygens (including phenoxy) is 1. The summed E-state index contributed by atoms with van der Waals surface area (Å²) in [6.07, 6.45) is 1.67. The quantitative estimate of drug-likeness (QED) is 0.628. The second-order valence-corrected chi connectivity index (χ2v) is 7.40. The Kier molecular flexibility index (Phi) is 4.44. The molecule has 1 fully saturated rings. The molecule has 0 spiro atoms. The zero-order chi connectivity index (χ0) is 17.3. The molecule has 1 aliphatic rings. The van der Waals surface area contributed by atoms with Crippen LogP contribution < -0.4 is 0 Å². The van der Waals surface area contributed by atoms with Crippen molar-refractivity contribution in [2.75, 3.05) is 13.2 Å². The van der Waals surface area contributed by atoms with E-state index in [4.69, 9.17) is 9.15 Å². The van der Waals surface area contributed by atoms with Gasteiger partial charge in [-0.25, -0.2) is 0 Å². The number of aryl methyl sites for hydroxylation is 1. The van der Waals surface area contributed by atoms with Crippen LogP contribution in [0.2, 0.25) is 0 Å². The molecule has 2 aromatic carbocycles. The Labute approximate surface area is 155 Å². The van der Waals surface area contributed by atoms with Crippen LogP contribution in [-0.2, 0) is 10.2 Å². The standard InChI is InChI=1S/C20H19BrN2O2/c1-14-3-2-4-15(13-14)18-22-23-19(25-18)20(9-11-24-12-10-20)16-5-7-17(21)8-6-16/h2-8,13H,9-12H2,1H3. The lowest BCUT2D eigenvalue weighted by Gasteiger charge is -2.34. The highest BCUT2D eigenvalue weighted by Gasteiger charge is 2.41. The highest BCUT2D eigenvalue weighted by atomic mass is 79.9. The highest BCUT2D eigenvalue weighted by molar-refractivity contribution is 9.10. The van der Waals surface area contributed by atoms with Crippen molar-refractivity contribution in [1.29, 1.82) is 0 Å². The Morgan fingerprint density at radius 3 is 2.48 bits per heavy atom. The van der Waals surface area contributed by atoms with E-state index in [1.807, 2.05) is 12.1 Å². The van der Waals surface area contributed by atoms with Gasteiger partial charge in [0.05, 0.1) is 5.41 Å². The summed E-state index contributed by atoms with van der Waals surface area (Å²) in [5.74, 6) is 1.25. The van der Waals surface area contributed by atoms with Gasteiger partial charge in [-0.05, 0) is 49.6 Å². The van der Waals surface area contributed by atoms with E-state index in [-0.39, 0.29) is 5.41 Å². The summed E-state index contributed by atoms with van der Waals surface area (Å²) in [7, 11) is 0. The second-order valence-electron chi connectivity index (χ2n) is 6.48. The summed E-state index contributed by atoms with van der Waals surface area (Å²) >= 11 is 3.51. The normalized spacial score (nSPS) is 16.7. The van der Waals surface area contributed by atoms with Gasteiger partial charge in [0.15, 0.2) is 0 Å². The zero-order valence-corrected chi connectivity index (χ0v) is 15.6. The second kappa shape index (κ2) is 6.73. The SMILES string of the molecule is Cc1cccc(-c2nnc(C3(c4ccc(Br)cc4)CCOCC3)o2)c1. The molecule has 0 N–H and O–H groups in total. The number of benzene rings is 2. The summed E-state index contributed by atoms with van der Waals surface area (Å²) in [4.78, 5) is 0. The van der Waals surface area contributed by atoms with E-state index in [0.29, 0.717) is 25.0 Å². The summed E-state index contributed by atoms with van der Waals surface area (Å²) in [6.45, 7) is 3.44. The lowest BCUT2D eigenvalue weighted by molar-refractivity contribution is 0.0546. The molecule has 4 nitrogen and oxygen atoms in total. The van der Waals surface area contributed by atoms with E-state index in [0.717, 1.165) is 22.9 Å². The molecule has 1 aliphatic heterocycles. The first kappa shape index (κ1) is 16.5. The summed E-state index contributed by atoms with van der Waals surface area (Å²) in [5.41, 5.74) is 3.04. The molecule has 25 heavy (non-hydrogen) atoms. The fourth-order valence-electron chi connectivity index (χ4n) is 3.43. The molecule has 2 heterocycles. The van der Waals surface area contributed by atoms with Gasteiger partial charge >= 0.3 is 0 Å². The van der Waals surface area contributed by atoms with Crippen LogP contribution in [0, 0.1) is 6.92 Å². The first-order valence-electron chi connectivity index (χ1n) is 8.42. The molecule has 5 heteroatoms. The van der Waals surface area contributed by atoms with Crippen molar-refractivity contribution in [2.24, 2.45) is 0 Å². The predicted octanol–water partition coefficient (Wildman–Crippen LogP) is 4.90. The van der Waals surface area contributed by atoms with Crippen LogP contribution in [0.25, 0.3) is 11.5 Å². The van der Waals surface area contributed by atoms with E-state index in [2.05, 4.69) is 69.4 Å². The van der Waals surface area contributed by atoms with E-state index < -0.39 is 0 Å². The van der Waals surface area contributed by atoms with Crippen molar-refractivity contribution in [2.45, 2.75) is 25.2 Å². The minimum Gasteiger partial charge on any atom is -0.420 e. The van der Waals surface area contributed by atoms with Gasteiger partial charge in [0.25, 0.3) is 0 Å². The van der Waals surface area contributed by atoms with Gasteiger partial charge < -0.3 is 9.15 Å². The van der Waals surface area contributed by atoms with Gasteiger partial charge in [0.2, 0.25) is 11.8 Å². The minimum atomic E-state index is -0.284. The summed E-state index contributed by atoms with van der Waals surface area (Å²) < 4.78 is 12.8. The number of rotatable bonds is 3. The first-order chi connectivity index (χ1) is 12.2. The van der Waals surface area contributed by atoms with Crippen LogP contribution in [0.4, 0.5) is 0 Å². The van der Waals surface area contributed by atoms with Crippen molar-refractivity contribution in [3.05, 3.63) is 70.0 Å². The third-order valence-electron chi connectivity index (χ3n) is 4.84. The van der Waals surface area contributed by atoms with Crippen LogP contribution in [0.5, 0.6) is 0 Å². The molecule has 0 bridgehead atoms. The maximum Gasteiger partial charge on any atom is 0.247 e. The average molecular weight is 399 g/mol. The third-order valence-corrected chi connectivity index (χ3v) is 5.37. The maximum absolute atomic E-state index is 6.16. The van der Waals surface area contributed by atoms with Crippen LogP contribution in [0.15, 0.2) is 57.4 Å². The number of nitrogens with zero attached hydrogens (tertiary/aromatic N) is 2. The van der Waals surface area contributed by atoms with Crippen LogP contribution in [0.3, 0.4) is 0 Å². The van der Waals surface area contributed by atoms with E-state index >= 15 is 0 Å². The molecule has 1 saturated heterocycles. The van der Waals surface area contributed by atoms with E-state index in [1.54, 1.807) is 0 Å². The van der Waals surface area contributed by atoms with E-state index in [9.17, 15) is 0 Å². The van der Waals surface area contributed by atoms with Crippen molar-refractivity contribution in [3.8, 4) is 11.5 Å². The molecule has 0 amide bonds. The maximum atomic E-state index is 6.16. The van der Waals surface area contributed by atoms with Crippen LogP contribution in [0.1, 0.15) is 29.9 Å². The molecule has 0 atom stereocenters. The average Bonchev–Trinajstić information content (AvgIpc) is 3.14. The van der Waals surface area contributed by atoms with Crippen molar-refractivity contribution in [3.63, 3.8) is 0 Å². The fraction of sp³-hybridized carbons (Fsp3) is 0.300. The number of hydrogen-bond donors (Lipinski definition) is 0. The largest absolute Gasteiger partial charge is 0.420 e.